The lowest BCUT2D eigenvalue weighted by molar-refractivity contribution is -0.125. The predicted octanol–water partition coefficient (Wildman–Crippen LogP) is 2.28. The van der Waals surface area contributed by atoms with Crippen LogP contribution in [0.15, 0.2) is 36.4 Å². The molecule has 1 aromatic carbocycles. The van der Waals surface area contributed by atoms with E-state index >= 15 is 0 Å². The SMILES string of the molecule is CC(C)(C)C=CC(=O)Nc1cccc(CN2C(=O)CNC2=O)c1. The zero-order chi connectivity index (χ0) is 17.0. The second kappa shape index (κ2) is 6.64. The Kier molecular flexibility index (Phi) is 4.83. The number of allylic oxidation sites excluding steroid dienone is 1. The first kappa shape index (κ1) is 16.7. The number of hydrogen-bond acceptors (Lipinski definition) is 3. The molecule has 0 unspecified atom stereocenters. The molecule has 0 radical (unpaired) electrons. The fraction of sp³-hybridized carbons (Fsp3) is 0.353. The Morgan fingerprint density at radius 3 is 2.70 bits per heavy atom. The lowest BCUT2D eigenvalue weighted by Crippen LogP contribution is -2.30. The van der Waals surface area contributed by atoms with Gasteiger partial charge in [0.2, 0.25) is 11.8 Å². The van der Waals surface area contributed by atoms with E-state index in [2.05, 4.69) is 10.6 Å². The summed E-state index contributed by atoms with van der Waals surface area (Å²) < 4.78 is 0. The third-order valence-electron chi connectivity index (χ3n) is 3.21. The molecule has 0 bridgehead atoms. The minimum atomic E-state index is -0.391. The molecule has 1 saturated heterocycles. The molecule has 4 amide bonds. The number of carbonyl (C=O) groups excluding carboxylic acids is 3. The Labute approximate surface area is 135 Å². The first-order valence-corrected chi connectivity index (χ1v) is 7.42. The highest BCUT2D eigenvalue weighted by atomic mass is 16.2. The van der Waals surface area contributed by atoms with E-state index in [9.17, 15) is 14.4 Å². The molecule has 0 spiro atoms. The number of amides is 4. The molecule has 0 atom stereocenters. The summed E-state index contributed by atoms with van der Waals surface area (Å²) >= 11 is 0. The molecule has 1 aliphatic rings. The molecular weight excluding hydrogens is 294 g/mol. The van der Waals surface area contributed by atoms with Gasteiger partial charge in [0.25, 0.3) is 0 Å². The molecule has 2 N–H and O–H groups in total. The summed E-state index contributed by atoms with van der Waals surface area (Å²) in [4.78, 5) is 36.2. The van der Waals surface area contributed by atoms with Crippen LogP contribution in [0.4, 0.5) is 10.5 Å². The molecule has 122 valence electrons. The van der Waals surface area contributed by atoms with E-state index in [0.717, 1.165) is 10.5 Å². The number of anilines is 1. The third-order valence-corrected chi connectivity index (χ3v) is 3.21. The molecule has 0 aliphatic carbocycles. The quantitative estimate of drug-likeness (QED) is 0.661. The number of nitrogens with one attached hydrogen (secondary N) is 2. The number of carbonyl (C=O) groups is 3. The number of rotatable bonds is 4. The van der Waals surface area contributed by atoms with Gasteiger partial charge in [-0.3, -0.25) is 14.5 Å². The fourth-order valence-corrected chi connectivity index (χ4v) is 2.05. The van der Waals surface area contributed by atoms with Gasteiger partial charge in [-0.15, -0.1) is 0 Å². The minimum Gasteiger partial charge on any atom is -0.329 e. The summed E-state index contributed by atoms with van der Waals surface area (Å²) in [5, 5.41) is 5.25. The van der Waals surface area contributed by atoms with Crippen molar-refractivity contribution in [2.75, 3.05) is 11.9 Å². The van der Waals surface area contributed by atoms with Gasteiger partial charge in [0, 0.05) is 5.69 Å². The average molecular weight is 315 g/mol. The van der Waals surface area contributed by atoms with Crippen LogP contribution in [-0.2, 0) is 16.1 Å². The van der Waals surface area contributed by atoms with Crippen LogP contribution in [0.3, 0.4) is 0 Å². The summed E-state index contributed by atoms with van der Waals surface area (Å²) in [6.45, 7) is 6.25. The van der Waals surface area contributed by atoms with Crippen molar-refractivity contribution in [1.29, 1.82) is 0 Å². The molecule has 1 aromatic rings. The van der Waals surface area contributed by atoms with Crippen LogP contribution in [-0.4, -0.2) is 29.3 Å². The summed E-state index contributed by atoms with van der Waals surface area (Å²) in [6, 6.07) is 6.70. The van der Waals surface area contributed by atoms with E-state index in [1.54, 1.807) is 24.3 Å². The van der Waals surface area contributed by atoms with Gasteiger partial charge >= 0.3 is 6.03 Å². The molecule has 0 saturated carbocycles. The van der Waals surface area contributed by atoms with E-state index < -0.39 is 6.03 Å². The monoisotopic (exact) mass is 315 g/mol. The van der Waals surface area contributed by atoms with Crippen LogP contribution in [0.25, 0.3) is 0 Å². The minimum absolute atomic E-state index is 0.0346. The second-order valence-electron chi connectivity index (χ2n) is 6.53. The number of hydrogen-bond donors (Lipinski definition) is 2. The van der Waals surface area contributed by atoms with E-state index in [4.69, 9.17) is 0 Å². The standard InChI is InChI=1S/C17H21N3O3/c1-17(2,3)8-7-14(21)19-13-6-4-5-12(9-13)11-20-15(22)10-18-16(20)23/h4-9H,10-11H2,1-3H3,(H,18,23)(H,19,21). The van der Waals surface area contributed by atoms with Crippen LogP contribution in [0, 0.1) is 5.41 Å². The van der Waals surface area contributed by atoms with Crippen LogP contribution in [0.1, 0.15) is 26.3 Å². The maximum atomic E-state index is 11.9. The van der Waals surface area contributed by atoms with E-state index in [1.807, 2.05) is 26.8 Å². The Hall–Kier alpha value is -2.63. The highest BCUT2D eigenvalue weighted by Crippen LogP contribution is 2.16. The molecule has 6 nitrogen and oxygen atoms in total. The van der Waals surface area contributed by atoms with Gasteiger partial charge in [-0.25, -0.2) is 4.79 Å². The van der Waals surface area contributed by atoms with Crippen molar-refractivity contribution in [2.45, 2.75) is 27.3 Å². The normalized spacial score (nSPS) is 15.2. The molecule has 1 aliphatic heterocycles. The maximum absolute atomic E-state index is 11.9. The Balaban J connectivity index is 2.02. The Morgan fingerprint density at radius 2 is 2.09 bits per heavy atom. The zero-order valence-corrected chi connectivity index (χ0v) is 13.6. The van der Waals surface area contributed by atoms with Gasteiger partial charge in [-0.2, -0.15) is 0 Å². The van der Waals surface area contributed by atoms with Gasteiger partial charge in [-0.1, -0.05) is 39.0 Å². The van der Waals surface area contributed by atoms with E-state index in [0.29, 0.717) is 5.69 Å². The lowest BCUT2D eigenvalue weighted by atomic mass is 9.96. The maximum Gasteiger partial charge on any atom is 0.324 e. The summed E-state index contributed by atoms with van der Waals surface area (Å²) in [7, 11) is 0. The number of benzene rings is 1. The average Bonchev–Trinajstić information content (AvgIpc) is 2.77. The van der Waals surface area contributed by atoms with Gasteiger partial charge < -0.3 is 10.6 Å². The zero-order valence-electron chi connectivity index (χ0n) is 13.6. The third kappa shape index (κ3) is 4.95. The Bertz CT molecular complexity index is 643. The van der Waals surface area contributed by atoms with Crippen molar-refractivity contribution >= 4 is 23.5 Å². The van der Waals surface area contributed by atoms with E-state index in [1.165, 1.54) is 6.08 Å². The summed E-state index contributed by atoms with van der Waals surface area (Å²) in [5.74, 6) is -0.468. The second-order valence-corrected chi connectivity index (χ2v) is 6.53. The van der Waals surface area contributed by atoms with Gasteiger partial charge in [0.15, 0.2) is 0 Å². The smallest absolute Gasteiger partial charge is 0.324 e. The van der Waals surface area contributed by atoms with Gasteiger partial charge in [-0.05, 0) is 29.2 Å². The molecule has 2 rings (SSSR count). The first-order chi connectivity index (χ1) is 10.7. The van der Waals surface area contributed by atoms with Gasteiger partial charge in [0.1, 0.15) is 0 Å². The number of urea groups is 1. The van der Waals surface area contributed by atoms with Crippen molar-refractivity contribution in [3.05, 3.63) is 42.0 Å². The highest BCUT2D eigenvalue weighted by Gasteiger charge is 2.28. The molecule has 1 fully saturated rings. The van der Waals surface area contributed by atoms with Crippen molar-refractivity contribution in [1.82, 2.24) is 10.2 Å². The topological polar surface area (TPSA) is 78.5 Å². The fourth-order valence-electron chi connectivity index (χ4n) is 2.05. The molecular formula is C17H21N3O3. The number of imide groups is 1. The van der Waals surface area contributed by atoms with Crippen molar-refractivity contribution in [2.24, 2.45) is 5.41 Å². The molecule has 1 heterocycles. The van der Waals surface area contributed by atoms with Crippen molar-refractivity contribution in [3.8, 4) is 0 Å². The largest absolute Gasteiger partial charge is 0.329 e. The highest BCUT2D eigenvalue weighted by molar-refractivity contribution is 6.02. The first-order valence-electron chi connectivity index (χ1n) is 7.42. The van der Waals surface area contributed by atoms with Gasteiger partial charge in [0.05, 0.1) is 13.1 Å². The summed E-state index contributed by atoms with van der Waals surface area (Å²) in [5.41, 5.74) is 1.33. The lowest BCUT2D eigenvalue weighted by Gasteiger charge is -2.13. The van der Waals surface area contributed by atoms with Crippen molar-refractivity contribution in [3.63, 3.8) is 0 Å². The van der Waals surface area contributed by atoms with Crippen LogP contribution in [0.2, 0.25) is 0 Å². The molecule has 0 aromatic heterocycles. The van der Waals surface area contributed by atoms with Crippen molar-refractivity contribution < 1.29 is 14.4 Å². The Morgan fingerprint density at radius 1 is 1.35 bits per heavy atom. The number of nitrogens with zero attached hydrogens (tertiary/aromatic N) is 1. The van der Waals surface area contributed by atoms with Crippen LogP contribution in [0.5, 0.6) is 0 Å². The molecule has 6 heteroatoms. The van der Waals surface area contributed by atoms with Crippen LogP contribution >= 0.6 is 0 Å². The van der Waals surface area contributed by atoms with E-state index in [-0.39, 0.29) is 30.3 Å². The van der Waals surface area contributed by atoms with Crippen LogP contribution < -0.4 is 10.6 Å². The summed E-state index contributed by atoms with van der Waals surface area (Å²) in [6.07, 6.45) is 3.34. The predicted molar refractivity (Wildman–Crippen MR) is 87.6 cm³/mol. The molecule has 23 heavy (non-hydrogen) atoms.